The first-order valence-electron chi connectivity index (χ1n) is 10.1. The molecular formula is C25H27F2N3O2. The van der Waals surface area contributed by atoms with Crippen molar-refractivity contribution in [1.82, 2.24) is 0 Å². The molecule has 2 N–H and O–H groups in total. The molecule has 0 spiro atoms. The summed E-state index contributed by atoms with van der Waals surface area (Å²) in [5.41, 5.74) is 8.11. The average molecular weight is 440 g/mol. The first-order chi connectivity index (χ1) is 15.1. The van der Waals surface area contributed by atoms with Crippen molar-refractivity contribution in [2.24, 2.45) is 0 Å². The Labute approximate surface area is 187 Å². The van der Waals surface area contributed by atoms with Crippen LogP contribution in [0.15, 0.2) is 84.2 Å². The normalized spacial score (nSPS) is 18.0. The lowest BCUT2D eigenvalue weighted by atomic mass is 9.75. The standard InChI is InChI=1S/C25H27F2N3O2/c1-16(2)32-24(31)23-21(26)14-25(3,15-22(23)27)17-6-8-18(9-7-17)28-29-19-10-12-20(13-11-19)30(4)5/h6-14,28-29H,1,15H2,2-5H3. The Balaban J connectivity index is 1.69. The maximum atomic E-state index is 14.7. The lowest BCUT2D eigenvalue weighted by Gasteiger charge is -2.30. The number of esters is 1. The van der Waals surface area contributed by atoms with Gasteiger partial charge in [0, 0.05) is 31.6 Å². The summed E-state index contributed by atoms with van der Waals surface area (Å²) in [6, 6.07) is 15.2. The van der Waals surface area contributed by atoms with Gasteiger partial charge in [-0.15, -0.1) is 0 Å². The van der Waals surface area contributed by atoms with Gasteiger partial charge in [-0.25, -0.2) is 13.6 Å². The van der Waals surface area contributed by atoms with Crippen molar-refractivity contribution in [3.63, 3.8) is 0 Å². The van der Waals surface area contributed by atoms with Crippen molar-refractivity contribution in [3.05, 3.63) is 89.7 Å². The SMILES string of the molecule is C=C(C)OC(=O)C1=C(F)CC(C)(c2ccc(NNc3ccc(N(C)C)cc3)cc2)C=C1F. The van der Waals surface area contributed by atoms with Crippen LogP contribution in [0.4, 0.5) is 25.8 Å². The van der Waals surface area contributed by atoms with Gasteiger partial charge in [-0.1, -0.05) is 25.6 Å². The molecule has 168 valence electrons. The van der Waals surface area contributed by atoms with Crippen molar-refractivity contribution >= 4 is 23.0 Å². The minimum Gasteiger partial charge on any atom is -0.428 e. The van der Waals surface area contributed by atoms with Gasteiger partial charge in [0.25, 0.3) is 0 Å². The Morgan fingerprint density at radius 2 is 1.56 bits per heavy atom. The molecule has 0 aliphatic heterocycles. The summed E-state index contributed by atoms with van der Waals surface area (Å²) in [5, 5.41) is 0. The zero-order valence-electron chi connectivity index (χ0n) is 18.6. The third-order valence-electron chi connectivity index (χ3n) is 5.23. The number of carbonyl (C=O) groups excluding carboxylic acids is 1. The Bertz CT molecular complexity index is 1070. The van der Waals surface area contributed by atoms with Gasteiger partial charge in [0.15, 0.2) is 0 Å². The number of rotatable bonds is 7. The van der Waals surface area contributed by atoms with Crippen molar-refractivity contribution < 1.29 is 18.3 Å². The molecule has 0 fully saturated rings. The van der Waals surface area contributed by atoms with Crippen LogP contribution in [-0.4, -0.2) is 20.1 Å². The van der Waals surface area contributed by atoms with Gasteiger partial charge >= 0.3 is 5.97 Å². The van der Waals surface area contributed by atoms with Crippen LogP contribution in [0.3, 0.4) is 0 Å². The van der Waals surface area contributed by atoms with Crippen molar-refractivity contribution in [3.8, 4) is 0 Å². The van der Waals surface area contributed by atoms with E-state index in [-0.39, 0.29) is 12.2 Å². The van der Waals surface area contributed by atoms with Crippen LogP contribution < -0.4 is 15.8 Å². The first kappa shape index (κ1) is 23.1. The van der Waals surface area contributed by atoms with Gasteiger partial charge < -0.3 is 20.5 Å². The molecule has 32 heavy (non-hydrogen) atoms. The molecule has 0 heterocycles. The predicted octanol–water partition coefficient (Wildman–Crippen LogP) is 6.01. The molecule has 7 heteroatoms. The van der Waals surface area contributed by atoms with E-state index in [1.807, 2.05) is 55.4 Å². The number of ether oxygens (including phenoxy) is 1. The van der Waals surface area contributed by atoms with Gasteiger partial charge in [0.1, 0.15) is 17.2 Å². The van der Waals surface area contributed by atoms with Gasteiger partial charge in [-0.3, -0.25) is 0 Å². The number of hydrogen-bond acceptors (Lipinski definition) is 5. The molecule has 0 amide bonds. The lowest BCUT2D eigenvalue weighted by molar-refractivity contribution is -0.134. The van der Waals surface area contributed by atoms with E-state index < -0.39 is 28.6 Å². The minimum absolute atomic E-state index is 0.0711. The summed E-state index contributed by atoms with van der Waals surface area (Å²) < 4.78 is 34.1. The molecule has 1 aliphatic carbocycles. The fourth-order valence-electron chi connectivity index (χ4n) is 3.47. The summed E-state index contributed by atoms with van der Waals surface area (Å²) in [4.78, 5) is 14.0. The summed E-state index contributed by atoms with van der Waals surface area (Å²) in [5.74, 6) is -2.78. The van der Waals surface area contributed by atoms with Crippen LogP contribution in [0, 0.1) is 0 Å². The highest BCUT2D eigenvalue weighted by molar-refractivity contribution is 5.94. The fraction of sp³-hybridized carbons (Fsp3) is 0.240. The summed E-state index contributed by atoms with van der Waals surface area (Å²) in [6.45, 7) is 6.59. The molecule has 0 saturated heterocycles. The molecule has 0 radical (unpaired) electrons. The highest BCUT2D eigenvalue weighted by Gasteiger charge is 2.36. The Hall–Kier alpha value is -3.61. The molecule has 0 saturated carbocycles. The topological polar surface area (TPSA) is 53.6 Å². The zero-order valence-corrected chi connectivity index (χ0v) is 18.6. The lowest BCUT2D eigenvalue weighted by Crippen LogP contribution is -2.25. The number of benzene rings is 2. The number of nitrogens with zero attached hydrogens (tertiary/aromatic N) is 1. The molecule has 1 aliphatic rings. The number of carbonyl (C=O) groups is 1. The van der Waals surface area contributed by atoms with E-state index in [9.17, 15) is 13.6 Å². The molecule has 1 unspecified atom stereocenters. The fourth-order valence-corrected chi connectivity index (χ4v) is 3.47. The third kappa shape index (κ3) is 5.17. The van der Waals surface area contributed by atoms with Gasteiger partial charge in [0.2, 0.25) is 0 Å². The van der Waals surface area contributed by atoms with Gasteiger partial charge in [0.05, 0.1) is 17.1 Å². The second kappa shape index (κ2) is 9.26. The zero-order chi connectivity index (χ0) is 23.5. The van der Waals surface area contributed by atoms with Crippen LogP contribution in [0.2, 0.25) is 0 Å². The third-order valence-corrected chi connectivity index (χ3v) is 5.23. The Kier molecular flexibility index (Phi) is 6.67. The Morgan fingerprint density at radius 1 is 1.03 bits per heavy atom. The minimum atomic E-state index is -1.07. The maximum absolute atomic E-state index is 14.7. The van der Waals surface area contributed by atoms with Crippen LogP contribution in [0.25, 0.3) is 0 Å². The van der Waals surface area contributed by atoms with E-state index in [0.29, 0.717) is 0 Å². The van der Waals surface area contributed by atoms with Crippen molar-refractivity contribution in [2.75, 3.05) is 29.8 Å². The molecular weight excluding hydrogens is 412 g/mol. The van der Waals surface area contributed by atoms with E-state index in [0.717, 1.165) is 22.6 Å². The highest BCUT2D eigenvalue weighted by atomic mass is 19.1. The summed E-state index contributed by atoms with van der Waals surface area (Å²) in [7, 11) is 3.96. The van der Waals surface area contributed by atoms with Crippen molar-refractivity contribution in [1.29, 1.82) is 0 Å². The summed E-state index contributed by atoms with van der Waals surface area (Å²) in [6.07, 6.45) is 1.11. The molecule has 2 aromatic carbocycles. The quantitative estimate of drug-likeness (QED) is 0.315. The van der Waals surface area contributed by atoms with E-state index in [2.05, 4.69) is 17.4 Å². The molecule has 3 rings (SSSR count). The van der Waals surface area contributed by atoms with E-state index >= 15 is 0 Å². The summed E-state index contributed by atoms with van der Waals surface area (Å²) >= 11 is 0. The first-order valence-corrected chi connectivity index (χ1v) is 10.1. The monoisotopic (exact) mass is 439 g/mol. The van der Waals surface area contributed by atoms with E-state index in [4.69, 9.17) is 4.74 Å². The number of hydrazine groups is 1. The Morgan fingerprint density at radius 3 is 2.03 bits per heavy atom. The van der Waals surface area contributed by atoms with Gasteiger partial charge in [-0.05, 0) is 55.0 Å². The second-order valence-corrected chi connectivity index (χ2v) is 8.23. The molecule has 2 aromatic rings. The number of hydrogen-bond donors (Lipinski definition) is 2. The molecule has 0 bridgehead atoms. The van der Waals surface area contributed by atoms with Crippen LogP contribution >= 0.6 is 0 Å². The number of anilines is 3. The van der Waals surface area contributed by atoms with Crippen LogP contribution in [-0.2, 0) is 14.9 Å². The van der Waals surface area contributed by atoms with Gasteiger partial charge in [-0.2, -0.15) is 0 Å². The smallest absolute Gasteiger partial charge is 0.348 e. The van der Waals surface area contributed by atoms with E-state index in [1.165, 1.54) is 13.0 Å². The predicted molar refractivity (Wildman–Crippen MR) is 125 cm³/mol. The average Bonchev–Trinajstić information content (AvgIpc) is 2.71. The molecule has 0 aromatic heterocycles. The van der Waals surface area contributed by atoms with E-state index in [1.54, 1.807) is 19.1 Å². The maximum Gasteiger partial charge on any atom is 0.348 e. The largest absolute Gasteiger partial charge is 0.428 e. The number of allylic oxidation sites excluding steroid dienone is 3. The van der Waals surface area contributed by atoms with Crippen molar-refractivity contribution in [2.45, 2.75) is 25.7 Å². The van der Waals surface area contributed by atoms with Crippen LogP contribution in [0.5, 0.6) is 0 Å². The molecule has 5 nitrogen and oxygen atoms in total. The number of halogens is 2. The highest BCUT2D eigenvalue weighted by Crippen LogP contribution is 2.42. The number of nitrogens with one attached hydrogen (secondary N) is 2. The molecule has 1 atom stereocenters. The second-order valence-electron chi connectivity index (χ2n) is 8.23. The van der Waals surface area contributed by atoms with Crippen LogP contribution in [0.1, 0.15) is 25.8 Å².